The van der Waals surface area contributed by atoms with E-state index in [0.29, 0.717) is 23.0 Å². The third-order valence-corrected chi connectivity index (χ3v) is 6.50. The van der Waals surface area contributed by atoms with Gasteiger partial charge in [-0.05, 0) is 78.4 Å². The second-order valence-electron chi connectivity index (χ2n) is 10.1. The van der Waals surface area contributed by atoms with Crippen molar-refractivity contribution in [1.29, 1.82) is 0 Å². The van der Waals surface area contributed by atoms with Crippen molar-refractivity contribution in [2.24, 2.45) is 23.2 Å². The first-order valence-corrected chi connectivity index (χ1v) is 9.73. The van der Waals surface area contributed by atoms with Crippen LogP contribution in [0.4, 0.5) is 0 Å². The Balaban J connectivity index is 2.03. The van der Waals surface area contributed by atoms with Crippen LogP contribution in [0, 0.1) is 23.2 Å². The molecule has 1 fully saturated rings. The van der Waals surface area contributed by atoms with Gasteiger partial charge in [0.25, 0.3) is 0 Å². The normalized spacial score (nSPS) is 32.8. The van der Waals surface area contributed by atoms with E-state index in [1.807, 2.05) is 6.92 Å². The molecule has 1 aromatic carbocycles. The summed E-state index contributed by atoms with van der Waals surface area (Å²) in [6, 6.07) is 7.20. The lowest BCUT2D eigenvalue weighted by Gasteiger charge is -2.52. The first-order valence-electron chi connectivity index (χ1n) is 9.73. The lowest BCUT2D eigenvalue weighted by molar-refractivity contribution is -0.126. The number of Topliss-reactive ketones (excluding diaryl/α,β-unsaturated/α-hetero) is 1. The Morgan fingerprint density at radius 2 is 2.00 bits per heavy atom. The van der Waals surface area contributed by atoms with Crippen LogP contribution < -0.4 is 0 Å². The van der Waals surface area contributed by atoms with Crippen LogP contribution in [0.3, 0.4) is 0 Å². The molecule has 1 aromatic rings. The van der Waals surface area contributed by atoms with Crippen molar-refractivity contribution < 1.29 is 4.79 Å². The molecule has 3 rings (SSSR count). The van der Waals surface area contributed by atoms with Crippen molar-refractivity contribution >= 4 is 5.78 Å². The second-order valence-corrected chi connectivity index (χ2v) is 10.1. The Morgan fingerprint density at radius 3 is 2.62 bits per heavy atom. The van der Waals surface area contributed by atoms with Crippen LogP contribution in [-0.2, 0) is 23.1 Å². The summed E-state index contributed by atoms with van der Waals surface area (Å²) in [7, 11) is 0. The number of aryl methyl sites for hydroxylation is 1. The Kier molecular flexibility index (Phi) is 4.43. The topological polar surface area (TPSA) is 17.1 Å². The highest BCUT2D eigenvalue weighted by atomic mass is 16.1. The molecule has 2 aliphatic rings. The van der Waals surface area contributed by atoms with Gasteiger partial charge in [0.15, 0.2) is 0 Å². The summed E-state index contributed by atoms with van der Waals surface area (Å²) in [5.74, 6) is 1.84. The Bertz CT molecular complexity index is 636. The number of rotatable bonds is 2. The predicted octanol–water partition coefficient (Wildman–Crippen LogP) is 5.73. The maximum absolute atomic E-state index is 12.3. The Labute approximate surface area is 148 Å². The number of hydrogen-bond acceptors (Lipinski definition) is 1. The molecule has 0 bridgehead atoms. The fourth-order valence-electron chi connectivity index (χ4n) is 5.69. The van der Waals surface area contributed by atoms with Crippen LogP contribution >= 0.6 is 0 Å². The van der Waals surface area contributed by atoms with E-state index in [1.165, 1.54) is 24.0 Å². The highest BCUT2D eigenvalue weighted by Crippen LogP contribution is 2.54. The Morgan fingerprint density at radius 1 is 1.29 bits per heavy atom. The van der Waals surface area contributed by atoms with Crippen LogP contribution in [0.25, 0.3) is 0 Å². The molecule has 24 heavy (non-hydrogen) atoms. The number of ketones is 1. The molecule has 2 aliphatic carbocycles. The van der Waals surface area contributed by atoms with Crippen molar-refractivity contribution in [2.75, 3.05) is 0 Å². The standard InChI is InChI=1S/C23H34O/c1-15-11-19(16(2)24)20-10-9-18-8-7-17(14-22(3,4)5)12-21(18)23(20,6)13-15/h7-8,12,15,19-20H,9-11,13-14H2,1-6H3. The second kappa shape index (κ2) is 6.00. The van der Waals surface area contributed by atoms with Gasteiger partial charge < -0.3 is 0 Å². The summed E-state index contributed by atoms with van der Waals surface area (Å²) in [6.07, 6.45) is 5.76. The maximum Gasteiger partial charge on any atom is 0.133 e. The summed E-state index contributed by atoms with van der Waals surface area (Å²) >= 11 is 0. The molecule has 0 heterocycles. The first kappa shape index (κ1) is 17.7. The lowest BCUT2D eigenvalue weighted by atomic mass is 9.52. The van der Waals surface area contributed by atoms with Crippen molar-refractivity contribution in [3.63, 3.8) is 0 Å². The van der Waals surface area contributed by atoms with Crippen molar-refractivity contribution in [3.05, 3.63) is 34.9 Å². The molecule has 0 aromatic heterocycles. The molecule has 0 radical (unpaired) electrons. The third kappa shape index (κ3) is 3.19. The zero-order valence-corrected chi connectivity index (χ0v) is 16.4. The van der Waals surface area contributed by atoms with Crippen LogP contribution in [0.2, 0.25) is 0 Å². The molecule has 4 atom stereocenters. The lowest BCUT2D eigenvalue weighted by Crippen LogP contribution is -2.48. The zero-order chi connectivity index (χ0) is 17.7. The quantitative estimate of drug-likeness (QED) is 0.678. The number of carbonyl (C=O) groups is 1. The van der Waals surface area contributed by atoms with Gasteiger partial charge >= 0.3 is 0 Å². The maximum atomic E-state index is 12.3. The van der Waals surface area contributed by atoms with Crippen LogP contribution in [0.1, 0.15) is 77.5 Å². The number of hydrogen-bond donors (Lipinski definition) is 0. The van der Waals surface area contributed by atoms with Crippen molar-refractivity contribution in [2.45, 2.75) is 79.1 Å². The highest BCUT2D eigenvalue weighted by Gasteiger charge is 2.49. The van der Waals surface area contributed by atoms with Gasteiger partial charge in [-0.25, -0.2) is 0 Å². The molecule has 0 N–H and O–H groups in total. The highest BCUT2D eigenvalue weighted by molar-refractivity contribution is 5.79. The van der Waals surface area contributed by atoms with E-state index < -0.39 is 0 Å². The average Bonchev–Trinajstić information content (AvgIpc) is 2.44. The molecule has 4 unspecified atom stereocenters. The van der Waals surface area contributed by atoms with E-state index in [1.54, 1.807) is 5.56 Å². The van der Waals surface area contributed by atoms with Gasteiger partial charge in [-0.15, -0.1) is 0 Å². The zero-order valence-electron chi connectivity index (χ0n) is 16.4. The molecule has 1 saturated carbocycles. The summed E-state index contributed by atoms with van der Waals surface area (Å²) < 4.78 is 0. The fourth-order valence-corrected chi connectivity index (χ4v) is 5.69. The van der Waals surface area contributed by atoms with Crippen LogP contribution in [-0.4, -0.2) is 5.78 Å². The SMILES string of the molecule is CC(=O)C1CC(C)CC2(C)c3cc(CC(C)(C)C)ccc3CCC12. The number of benzene rings is 1. The van der Waals surface area contributed by atoms with E-state index in [-0.39, 0.29) is 11.3 Å². The molecule has 132 valence electrons. The fraction of sp³-hybridized carbons (Fsp3) is 0.696. The molecular formula is C23H34O. The summed E-state index contributed by atoms with van der Waals surface area (Å²) in [4.78, 5) is 12.3. The van der Waals surface area contributed by atoms with E-state index in [0.717, 1.165) is 19.3 Å². The van der Waals surface area contributed by atoms with Gasteiger partial charge in [-0.1, -0.05) is 52.8 Å². The molecule has 1 heteroatoms. The van der Waals surface area contributed by atoms with Gasteiger partial charge in [0.1, 0.15) is 5.78 Å². The predicted molar refractivity (Wildman–Crippen MR) is 101 cm³/mol. The molecule has 0 amide bonds. The van der Waals surface area contributed by atoms with E-state index >= 15 is 0 Å². The first-order chi connectivity index (χ1) is 11.1. The van der Waals surface area contributed by atoms with E-state index in [4.69, 9.17) is 0 Å². The minimum atomic E-state index is 0.176. The summed E-state index contributed by atoms with van der Waals surface area (Å²) in [6.45, 7) is 13.5. The molecule has 1 nitrogen and oxygen atoms in total. The monoisotopic (exact) mass is 326 g/mol. The van der Waals surface area contributed by atoms with Crippen LogP contribution in [0.5, 0.6) is 0 Å². The van der Waals surface area contributed by atoms with Gasteiger partial charge in [-0.2, -0.15) is 0 Å². The number of fused-ring (bicyclic) bond motifs is 3. The van der Waals surface area contributed by atoms with E-state index in [9.17, 15) is 4.79 Å². The third-order valence-electron chi connectivity index (χ3n) is 6.50. The van der Waals surface area contributed by atoms with Gasteiger partial charge in [-0.3, -0.25) is 4.79 Å². The molecule has 0 saturated heterocycles. The minimum absolute atomic E-state index is 0.176. The Hall–Kier alpha value is -1.11. The summed E-state index contributed by atoms with van der Waals surface area (Å²) in [5.41, 5.74) is 5.03. The van der Waals surface area contributed by atoms with Crippen LogP contribution in [0.15, 0.2) is 18.2 Å². The van der Waals surface area contributed by atoms with Gasteiger partial charge in [0.05, 0.1) is 0 Å². The average molecular weight is 327 g/mol. The number of carbonyl (C=O) groups excluding carboxylic acids is 1. The summed E-state index contributed by atoms with van der Waals surface area (Å²) in [5, 5.41) is 0. The van der Waals surface area contributed by atoms with Gasteiger partial charge in [0.2, 0.25) is 0 Å². The van der Waals surface area contributed by atoms with Crippen molar-refractivity contribution in [3.8, 4) is 0 Å². The molecule has 0 aliphatic heterocycles. The van der Waals surface area contributed by atoms with Crippen molar-refractivity contribution in [1.82, 2.24) is 0 Å². The molecule has 0 spiro atoms. The largest absolute Gasteiger partial charge is 0.300 e. The smallest absolute Gasteiger partial charge is 0.133 e. The van der Waals surface area contributed by atoms with E-state index in [2.05, 4.69) is 52.8 Å². The minimum Gasteiger partial charge on any atom is -0.300 e. The van der Waals surface area contributed by atoms with Gasteiger partial charge in [0, 0.05) is 5.92 Å². The molecular weight excluding hydrogens is 292 g/mol.